The number of hydrogen-bond acceptors (Lipinski definition) is 8. The van der Waals surface area contributed by atoms with Gasteiger partial charge in [0.15, 0.2) is 4.34 Å². The lowest BCUT2D eigenvalue weighted by Crippen LogP contribution is -2.37. The molecule has 3 aromatic rings. The van der Waals surface area contributed by atoms with Crippen molar-refractivity contribution in [1.29, 1.82) is 0 Å². The Morgan fingerprint density at radius 3 is 2.71 bits per heavy atom. The third-order valence-electron chi connectivity index (χ3n) is 4.95. The number of carbonyl (C=O) groups excluding carboxylic acids is 1. The highest BCUT2D eigenvalue weighted by Crippen LogP contribution is 2.36. The molecule has 2 N–H and O–H groups in total. The molecule has 1 aliphatic rings. The number of nitrogens with one attached hydrogen (secondary N) is 2. The first-order chi connectivity index (χ1) is 16.3. The Morgan fingerprint density at radius 1 is 1.18 bits per heavy atom. The molecular formula is C22H22F3N5O2S2. The van der Waals surface area contributed by atoms with E-state index in [1.54, 1.807) is 0 Å². The zero-order valence-corrected chi connectivity index (χ0v) is 19.8. The number of carbonyl (C=O) groups is 1. The summed E-state index contributed by atoms with van der Waals surface area (Å²) in [7, 11) is 0. The van der Waals surface area contributed by atoms with E-state index in [1.165, 1.54) is 29.2 Å². The summed E-state index contributed by atoms with van der Waals surface area (Å²) in [5, 5.41) is 14.5. The molecule has 180 valence electrons. The van der Waals surface area contributed by atoms with Crippen molar-refractivity contribution in [2.75, 3.05) is 47.6 Å². The fourth-order valence-corrected chi connectivity index (χ4v) is 4.94. The van der Waals surface area contributed by atoms with Gasteiger partial charge in [-0.3, -0.25) is 4.79 Å². The first-order valence-electron chi connectivity index (χ1n) is 10.4. The van der Waals surface area contributed by atoms with Crippen molar-refractivity contribution >= 4 is 51.2 Å². The molecule has 0 saturated carbocycles. The standard InChI is InChI=1S/C22H22F3N5O2S2/c1-14-3-2-4-16(11-14)26-20-28-29-21(34-20)33-13-19(31)27-17-12-15(22(23,24)25)5-6-18(17)30-7-9-32-10-8-30/h2-6,11-12H,7-10,13H2,1H3,(H,26,28)(H,27,31). The third-order valence-corrected chi connectivity index (χ3v) is 6.92. The molecular weight excluding hydrogens is 487 g/mol. The number of nitrogens with zero attached hydrogens (tertiary/aromatic N) is 3. The van der Waals surface area contributed by atoms with E-state index in [0.29, 0.717) is 41.5 Å². The van der Waals surface area contributed by atoms with Crippen molar-refractivity contribution in [2.24, 2.45) is 0 Å². The van der Waals surface area contributed by atoms with Crippen LogP contribution < -0.4 is 15.5 Å². The summed E-state index contributed by atoms with van der Waals surface area (Å²) in [4.78, 5) is 14.5. The van der Waals surface area contributed by atoms with Gasteiger partial charge in [0.2, 0.25) is 11.0 Å². The van der Waals surface area contributed by atoms with Crippen molar-refractivity contribution in [3.8, 4) is 0 Å². The van der Waals surface area contributed by atoms with E-state index in [2.05, 4.69) is 20.8 Å². The number of ether oxygens (including phenoxy) is 1. The Morgan fingerprint density at radius 2 is 1.97 bits per heavy atom. The summed E-state index contributed by atoms with van der Waals surface area (Å²) in [6.07, 6.45) is -4.51. The van der Waals surface area contributed by atoms with Crippen LogP contribution in [-0.4, -0.2) is 48.2 Å². The smallest absolute Gasteiger partial charge is 0.378 e. The fraction of sp³-hybridized carbons (Fsp3) is 0.318. The number of aryl methyl sites for hydroxylation is 1. The Kier molecular flexibility index (Phi) is 7.59. The number of aromatic nitrogens is 2. The summed E-state index contributed by atoms with van der Waals surface area (Å²) in [6, 6.07) is 11.2. The van der Waals surface area contributed by atoms with E-state index in [0.717, 1.165) is 23.4 Å². The summed E-state index contributed by atoms with van der Waals surface area (Å²) >= 11 is 2.46. The number of amides is 1. The third kappa shape index (κ3) is 6.39. The number of rotatable bonds is 7. The molecule has 2 aromatic carbocycles. The van der Waals surface area contributed by atoms with E-state index in [9.17, 15) is 18.0 Å². The number of anilines is 4. The Bertz CT molecular complexity index is 1150. The zero-order valence-electron chi connectivity index (χ0n) is 18.2. The normalized spacial score (nSPS) is 14.2. The van der Waals surface area contributed by atoms with Gasteiger partial charge in [0.1, 0.15) is 0 Å². The maximum absolute atomic E-state index is 13.3. The van der Waals surface area contributed by atoms with Gasteiger partial charge in [0.05, 0.1) is 35.9 Å². The predicted molar refractivity (Wildman–Crippen MR) is 128 cm³/mol. The molecule has 2 heterocycles. The van der Waals surface area contributed by atoms with Crippen molar-refractivity contribution in [3.63, 3.8) is 0 Å². The number of alkyl halides is 3. The molecule has 0 unspecified atom stereocenters. The number of morpholine rings is 1. The van der Waals surface area contributed by atoms with Gasteiger partial charge in [-0.1, -0.05) is 35.2 Å². The van der Waals surface area contributed by atoms with Crippen molar-refractivity contribution in [3.05, 3.63) is 53.6 Å². The van der Waals surface area contributed by atoms with Gasteiger partial charge in [0.25, 0.3) is 0 Å². The monoisotopic (exact) mass is 509 g/mol. The second kappa shape index (κ2) is 10.6. The average molecular weight is 510 g/mol. The quantitative estimate of drug-likeness (QED) is 0.425. The molecule has 0 aliphatic carbocycles. The van der Waals surface area contributed by atoms with Crippen molar-refractivity contribution < 1.29 is 22.7 Å². The highest BCUT2D eigenvalue weighted by atomic mass is 32.2. The van der Waals surface area contributed by atoms with Crippen LogP contribution in [0.15, 0.2) is 46.8 Å². The van der Waals surface area contributed by atoms with Crippen LogP contribution in [0.3, 0.4) is 0 Å². The van der Waals surface area contributed by atoms with Crippen LogP contribution in [0.5, 0.6) is 0 Å². The van der Waals surface area contributed by atoms with Crippen LogP contribution in [0, 0.1) is 6.92 Å². The number of halogens is 3. The molecule has 12 heteroatoms. The van der Waals surface area contributed by atoms with E-state index in [1.807, 2.05) is 36.1 Å². The SMILES string of the molecule is Cc1cccc(Nc2nnc(SCC(=O)Nc3cc(C(F)(F)F)ccc3N3CCOCC3)s2)c1. The van der Waals surface area contributed by atoms with Crippen LogP contribution in [-0.2, 0) is 15.7 Å². The molecule has 1 aromatic heterocycles. The highest BCUT2D eigenvalue weighted by Gasteiger charge is 2.32. The fourth-order valence-electron chi connectivity index (χ4n) is 3.37. The first-order valence-corrected chi connectivity index (χ1v) is 12.2. The van der Waals surface area contributed by atoms with Crippen LogP contribution in [0.1, 0.15) is 11.1 Å². The average Bonchev–Trinajstić information content (AvgIpc) is 3.25. The van der Waals surface area contributed by atoms with Crippen LogP contribution in [0.25, 0.3) is 0 Å². The predicted octanol–water partition coefficient (Wildman–Crippen LogP) is 5.18. The number of thioether (sulfide) groups is 1. The van der Waals surface area contributed by atoms with Gasteiger partial charge in [-0.15, -0.1) is 10.2 Å². The number of benzene rings is 2. The highest BCUT2D eigenvalue weighted by molar-refractivity contribution is 8.01. The van der Waals surface area contributed by atoms with Gasteiger partial charge in [-0.05, 0) is 42.8 Å². The summed E-state index contributed by atoms with van der Waals surface area (Å²) in [5.41, 5.74) is 1.83. The topological polar surface area (TPSA) is 79.4 Å². The molecule has 7 nitrogen and oxygen atoms in total. The number of hydrogen-bond donors (Lipinski definition) is 2. The molecule has 0 radical (unpaired) electrons. The molecule has 0 bridgehead atoms. The Hall–Kier alpha value is -2.83. The van der Waals surface area contributed by atoms with Gasteiger partial charge >= 0.3 is 6.18 Å². The molecule has 4 rings (SSSR count). The molecule has 1 saturated heterocycles. The summed E-state index contributed by atoms with van der Waals surface area (Å²) in [5.74, 6) is -0.444. The maximum Gasteiger partial charge on any atom is 0.416 e. The molecule has 1 amide bonds. The summed E-state index contributed by atoms with van der Waals surface area (Å²) < 4.78 is 45.7. The molecule has 34 heavy (non-hydrogen) atoms. The van der Waals surface area contributed by atoms with Gasteiger partial charge in [-0.25, -0.2) is 0 Å². The van der Waals surface area contributed by atoms with Crippen molar-refractivity contribution in [2.45, 2.75) is 17.4 Å². The van der Waals surface area contributed by atoms with E-state index < -0.39 is 17.6 Å². The lowest BCUT2D eigenvalue weighted by Gasteiger charge is -2.31. The van der Waals surface area contributed by atoms with Crippen molar-refractivity contribution in [1.82, 2.24) is 10.2 Å². The van der Waals surface area contributed by atoms with Gasteiger partial charge in [-0.2, -0.15) is 13.2 Å². The molecule has 1 fully saturated rings. The minimum Gasteiger partial charge on any atom is -0.378 e. The minimum atomic E-state index is -4.51. The van der Waals surface area contributed by atoms with Gasteiger partial charge < -0.3 is 20.3 Å². The summed E-state index contributed by atoms with van der Waals surface area (Å²) in [6.45, 7) is 4.00. The van der Waals surface area contributed by atoms with Gasteiger partial charge in [0, 0.05) is 18.8 Å². The lowest BCUT2D eigenvalue weighted by atomic mass is 10.1. The Balaban J connectivity index is 1.41. The van der Waals surface area contributed by atoms with E-state index >= 15 is 0 Å². The van der Waals surface area contributed by atoms with E-state index in [-0.39, 0.29) is 11.4 Å². The van der Waals surface area contributed by atoms with Crippen LogP contribution >= 0.6 is 23.1 Å². The minimum absolute atomic E-state index is 0.0160. The molecule has 0 spiro atoms. The van der Waals surface area contributed by atoms with E-state index in [4.69, 9.17) is 4.74 Å². The second-order valence-corrected chi connectivity index (χ2v) is 9.73. The zero-order chi connectivity index (χ0) is 24.1. The van der Waals surface area contributed by atoms with Crippen LogP contribution in [0.2, 0.25) is 0 Å². The largest absolute Gasteiger partial charge is 0.416 e. The van der Waals surface area contributed by atoms with Crippen LogP contribution in [0.4, 0.5) is 35.4 Å². The Labute approximate surface area is 202 Å². The second-order valence-electron chi connectivity index (χ2n) is 7.53. The lowest BCUT2D eigenvalue weighted by molar-refractivity contribution is -0.137. The molecule has 0 atom stereocenters. The maximum atomic E-state index is 13.3. The first kappa shape index (κ1) is 24.3. The molecule has 1 aliphatic heterocycles.